The molecule has 0 atom stereocenters. The number of nitrogens with one attached hydrogen (secondary N) is 1. The molecule has 0 spiro atoms. The maximum atomic E-state index is 12.5. The van der Waals surface area contributed by atoms with Crippen LogP contribution in [0.2, 0.25) is 5.02 Å². The number of hydrogen-bond acceptors (Lipinski definition) is 6. The highest BCUT2D eigenvalue weighted by molar-refractivity contribution is 7.22. The van der Waals surface area contributed by atoms with Crippen LogP contribution in [-0.4, -0.2) is 61.7 Å². The van der Waals surface area contributed by atoms with E-state index in [2.05, 4.69) is 22.0 Å². The third-order valence-corrected chi connectivity index (χ3v) is 6.87. The number of rotatable bonds is 9. The van der Waals surface area contributed by atoms with Crippen molar-refractivity contribution in [1.82, 2.24) is 15.2 Å². The van der Waals surface area contributed by atoms with Crippen LogP contribution in [0.25, 0.3) is 10.2 Å². The van der Waals surface area contributed by atoms with E-state index in [9.17, 15) is 4.79 Å². The van der Waals surface area contributed by atoms with Crippen molar-refractivity contribution < 1.29 is 9.53 Å². The Balaban J connectivity index is 1.21. The lowest BCUT2D eigenvalue weighted by atomic mass is 10.2. The second kappa shape index (κ2) is 11.0. The number of nitrogens with zero attached hydrogens (tertiary/aromatic N) is 3. The second-order valence-corrected chi connectivity index (χ2v) is 9.37. The molecule has 1 aliphatic rings. The van der Waals surface area contributed by atoms with Gasteiger partial charge in [0, 0.05) is 49.9 Å². The number of benzene rings is 2. The molecule has 6 nitrogen and oxygen atoms in total. The first-order chi connectivity index (χ1) is 15.6. The number of piperazine rings is 1. The molecule has 32 heavy (non-hydrogen) atoms. The van der Waals surface area contributed by atoms with Gasteiger partial charge in [0.05, 0.1) is 16.8 Å². The van der Waals surface area contributed by atoms with Crippen LogP contribution < -0.4 is 15.0 Å². The zero-order chi connectivity index (χ0) is 22.3. The van der Waals surface area contributed by atoms with Gasteiger partial charge in [-0.15, -0.1) is 0 Å². The molecule has 170 valence electrons. The molecule has 1 aromatic heterocycles. The van der Waals surface area contributed by atoms with E-state index in [0.717, 1.165) is 71.7 Å². The molecular weight excluding hydrogens is 444 g/mol. The predicted octanol–water partition coefficient (Wildman–Crippen LogP) is 4.68. The molecule has 2 heterocycles. The smallest absolute Gasteiger partial charge is 0.251 e. The minimum Gasteiger partial charge on any atom is -0.494 e. The highest BCUT2D eigenvalue weighted by Crippen LogP contribution is 2.31. The molecule has 2 aromatic carbocycles. The summed E-state index contributed by atoms with van der Waals surface area (Å²) in [4.78, 5) is 22.0. The summed E-state index contributed by atoms with van der Waals surface area (Å²) in [5.74, 6) is 0.692. The summed E-state index contributed by atoms with van der Waals surface area (Å²) in [6.45, 7) is 8.03. The van der Waals surface area contributed by atoms with Crippen molar-refractivity contribution in [1.29, 1.82) is 0 Å². The average molecular weight is 473 g/mol. The first kappa shape index (κ1) is 22.8. The molecule has 0 radical (unpaired) electrons. The van der Waals surface area contributed by atoms with Gasteiger partial charge in [0.2, 0.25) is 0 Å². The Morgan fingerprint density at radius 2 is 2.03 bits per heavy atom. The van der Waals surface area contributed by atoms with Gasteiger partial charge in [0.15, 0.2) is 5.13 Å². The molecule has 0 unspecified atom stereocenters. The molecule has 3 aromatic rings. The summed E-state index contributed by atoms with van der Waals surface area (Å²) in [6.07, 6.45) is 2.10. The zero-order valence-electron chi connectivity index (χ0n) is 18.3. The van der Waals surface area contributed by atoms with E-state index >= 15 is 0 Å². The third-order valence-electron chi connectivity index (χ3n) is 5.56. The van der Waals surface area contributed by atoms with Crippen LogP contribution in [0.1, 0.15) is 30.1 Å². The molecular formula is C24H29ClN4O2S. The fraction of sp³-hybridized carbons (Fsp3) is 0.417. The van der Waals surface area contributed by atoms with Gasteiger partial charge >= 0.3 is 0 Å². The summed E-state index contributed by atoms with van der Waals surface area (Å²) < 4.78 is 6.83. The first-order valence-electron chi connectivity index (χ1n) is 11.2. The molecule has 1 amide bonds. The summed E-state index contributed by atoms with van der Waals surface area (Å²) in [7, 11) is 0. The number of fused-ring (bicyclic) bond motifs is 1. The third kappa shape index (κ3) is 5.91. The Morgan fingerprint density at radius 3 is 2.84 bits per heavy atom. The number of hydrogen-bond donors (Lipinski definition) is 1. The molecule has 1 aliphatic heterocycles. The molecule has 1 N–H and O–H groups in total. The molecule has 8 heteroatoms. The van der Waals surface area contributed by atoms with E-state index in [1.54, 1.807) is 11.3 Å². The number of carbonyl (C=O) groups excluding carboxylic acids is 1. The van der Waals surface area contributed by atoms with E-state index < -0.39 is 0 Å². The van der Waals surface area contributed by atoms with Crippen molar-refractivity contribution in [2.24, 2.45) is 0 Å². The number of amides is 1. The number of ether oxygens (including phenoxy) is 1. The topological polar surface area (TPSA) is 57.7 Å². The quantitative estimate of drug-likeness (QED) is 0.458. The Kier molecular flexibility index (Phi) is 7.84. The predicted molar refractivity (Wildman–Crippen MR) is 132 cm³/mol. The molecule has 0 bridgehead atoms. The number of unbranched alkanes of at least 4 members (excludes halogenated alkanes) is 1. The minimum atomic E-state index is -0.0577. The standard InChI is InChI=1S/C24H29ClN4O2S/c1-2-3-15-31-20-6-4-5-18(16-20)23(30)26-9-10-28-11-13-29(14-12-28)24-27-21-8-7-19(25)17-22(21)32-24/h4-8,16-17H,2-3,9-15H2,1H3,(H,26,30). The Hall–Kier alpha value is -2.35. The Labute approximate surface area is 198 Å². The number of thiazole rings is 1. The Bertz CT molecular complexity index is 1050. The van der Waals surface area contributed by atoms with Gasteiger partial charge in [-0.25, -0.2) is 4.98 Å². The second-order valence-electron chi connectivity index (χ2n) is 7.92. The number of halogens is 1. The lowest BCUT2D eigenvalue weighted by molar-refractivity contribution is 0.0947. The van der Waals surface area contributed by atoms with Gasteiger partial charge in [-0.05, 0) is 42.8 Å². The fourth-order valence-corrected chi connectivity index (χ4v) is 4.97. The zero-order valence-corrected chi connectivity index (χ0v) is 19.9. The first-order valence-corrected chi connectivity index (χ1v) is 12.4. The largest absolute Gasteiger partial charge is 0.494 e. The lowest BCUT2D eigenvalue weighted by Gasteiger charge is -2.34. The highest BCUT2D eigenvalue weighted by atomic mass is 35.5. The van der Waals surface area contributed by atoms with Gasteiger partial charge in [-0.1, -0.05) is 42.3 Å². The van der Waals surface area contributed by atoms with Crippen LogP contribution in [0.4, 0.5) is 5.13 Å². The number of carbonyl (C=O) groups is 1. The van der Waals surface area contributed by atoms with Crippen LogP contribution in [0.15, 0.2) is 42.5 Å². The van der Waals surface area contributed by atoms with Gasteiger partial charge in [-0.3, -0.25) is 9.69 Å². The van der Waals surface area contributed by atoms with Crippen molar-refractivity contribution in [3.63, 3.8) is 0 Å². The lowest BCUT2D eigenvalue weighted by Crippen LogP contribution is -2.48. The summed E-state index contributed by atoms with van der Waals surface area (Å²) in [5, 5.41) is 4.83. The molecule has 1 saturated heterocycles. The van der Waals surface area contributed by atoms with E-state index in [0.29, 0.717) is 18.7 Å². The highest BCUT2D eigenvalue weighted by Gasteiger charge is 2.20. The van der Waals surface area contributed by atoms with E-state index in [-0.39, 0.29) is 5.91 Å². The molecule has 0 aliphatic carbocycles. The van der Waals surface area contributed by atoms with Crippen LogP contribution >= 0.6 is 22.9 Å². The van der Waals surface area contributed by atoms with Crippen molar-refractivity contribution in [2.75, 3.05) is 50.8 Å². The van der Waals surface area contributed by atoms with Crippen LogP contribution in [0.3, 0.4) is 0 Å². The van der Waals surface area contributed by atoms with Gasteiger partial charge in [-0.2, -0.15) is 0 Å². The van der Waals surface area contributed by atoms with Gasteiger partial charge in [0.1, 0.15) is 5.75 Å². The summed E-state index contributed by atoms with van der Waals surface area (Å²) in [6, 6.07) is 13.2. The summed E-state index contributed by atoms with van der Waals surface area (Å²) >= 11 is 7.79. The SMILES string of the molecule is CCCCOc1cccc(C(=O)NCCN2CCN(c3nc4ccc(Cl)cc4s3)CC2)c1. The van der Waals surface area contributed by atoms with Crippen molar-refractivity contribution in [3.05, 3.63) is 53.1 Å². The maximum absolute atomic E-state index is 12.5. The Morgan fingerprint density at radius 1 is 1.19 bits per heavy atom. The molecule has 1 fully saturated rings. The van der Waals surface area contributed by atoms with Crippen molar-refractivity contribution in [2.45, 2.75) is 19.8 Å². The monoisotopic (exact) mass is 472 g/mol. The van der Waals surface area contributed by atoms with E-state index in [1.165, 1.54) is 0 Å². The fourth-order valence-electron chi connectivity index (χ4n) is 3.68. The normalized spacial score (nSPS) is 14.6. The van der Waals surface area contributed by atoms with E-state index in [4.69, 9.17) is 21.3 Å². The molecule has 0 saturated carbocycles. The molecule has 4 rings (SSSR count). The van der Waals surface area contributed by atoms with Gasteiger partial charge < -0.3 is 15.0 Å². The van der Waals surface area contributed by atoms with Crippen LogP contribution in [0, 0.1) is 0 Å². The van der Waals surface area contributed by atoms with Crippen molar-refractivity contribution in [3.8, 4) is 5.75 Å². The number of aromatic nitrogens is 1. The van der Waals surface area contributed by atoms with Crippen LogP contribution in [0.5, 0.6) is 5.75 Å². The van der Waals surface area contributed by atoms with E-state index in [1.807, 2.05) is 42.5 Å². The maximum Gasteiger partial charge on any atom is 0.251 e. The van der Waals surface area contributed by atoms with Gasteiger partial charge in [0.25, 0.3) is 5.91 Å². The number of anilines is 1. The van der Waals surface area contributed by atoms with Crippen molar-refractivity contribution >= 4 is 44.2 Å². The minimum absolute atomic E-state index is 0.0577. The van der Waals surface area contributed by atoms with Crippen LogP contribution in [-0.2, 0) is 0 Å². The average Bonchev–Trinajstić information content (AvgIpc) is 3.23. The summed E-state index contributed by atoms with van der Waals surface area (Å²) in [5.41, 5.74) is 1.64.